The predicted octanol–water partition coefficient (Wildman–Crippen LogP) is 10.9. The van der Waals surface area contributed by atoms with Gasteiger partial charge in [0.2, 0.25) is 0 Å². The molecule has 2 aliphatic rings. The van der Waals surface area contributed by atoms with Crippen LogP contribution in [-0.4, -0.2) is 52.9 Å². The average molecular weight is 615 g/mol. The molecule has 2 unspecified atom stereocenters. The van der Waals surface area contributed by atoms with E-state index >= 15 is 0 Å². The zero-order valence-corrected chi connectivity index (χ0v) is 27.7. The van der Waals surface area contributed by atoms with Crippen LogP contribution in [0.4, 0.5) is 0 Å². The lowest BCUT2D eigenvalue weighted by Gasteiger charge is -1.92. The van der Waals surface area contributed by atoms with E-state index in [2.05, 4.69) is 125 Å². The van der Waals surface area contributed by atoms with E-state index in [1.54, 1.807) is 14.2 Å². The third-order valence-corrected chi connectivity index (χ3v) is 5.49. The van der Waals surface area contributed by atoms with Gasteiger partial charge in [-0.05, 0) is 21.5 Å². The van der Waals surface area contributed by atoms with Crippen molar-refractivity contribution >= 4 is 21.5 Å². The summed E-state index contributed by atoms with van der Waals surface area (Å²) >= 11 is 0. The van der Waals surface area contributed by atoms with Crippen molar-refractivity contribution in [2.45, 2.75) is 60.2 Å². The fourth-order valence-electron chi connectivity index (χ4n) is 3.35. The Morgan fingerprint density at radius 3 is 0.733 bits per heavy atom. The second-order valence-corrected chi connectivity index (χ2v) is 10.1. The lowest BCUT2D eigenvalue weighted by molar-refractivity contribution is 0.171. The molecule has 45 heavy (non-hydrogen) atoms. The van der Waals surface area contributed by atoms with Gasteiger partial charge in [-0.25, -0.2) is 0 Å². The zero-order chi connectivity index (χ0) is 32.1. The molecular weight excluding hydrogens is 556 g/mol. The molecule has 2 aliphatic heterocycles. The Labute approximate surface area is 274 Å². The van der Waals surface area contributed by atoms with Crippen LogP contribution >= 0.6 is 0 Å². The second-order valence-electron chi connectivity index (χ2n) is 10.1. The van der Waals surface area contributed by atoms with Gasteiger partial charge in [-0.3, -0.25) is 0 Å². The van der Waals surface area contributed by atoms with Crippen LogP contribution < -0.4 is 0 Å². The number of rotatable bonds is 4. The third kappa shape index (κ3) is 23.5. The summed E-state index contributed by atoms with van der Waals surface area (Å²) in [5.74, 6) is 0. The van der Waals surface area contributed by atoms with Gasteiger partial charge in [0.15, 0.2) is 0 Å². The van der Waals surface area contributed by atoms with Crippen molar-refractivity contribution in [3.05, 3.63) is 133 Å². The summed E-state index contributed by atoms with van der Waals surface area (Å²) in [4.78, 5) is 0. The third-order valence-electron chi connectivity index (χ3n) is 5.49. The molecule has 0 aliphatic carbocycles. The molecule has 5 aromatic carbocycles. The molecule has 0 bridgehead atoms. The predicted molar refractivity (Wildman–Crippen MR) is 196 cm³/mol. The lowest BCUT2D eigenvalue weighted by atomic mass is 10.1. The number of ether oxygens (including phenoxy) is 4. The molecule has 2 heterocycles. The van der Waals surface area contributed by atoms with Crippen LogP contribution in [0, 0.1) is 0 Å². The topological polar surface area (TPSA) is 43.5 Å². The molecule has 7 rings (SSSR count). The van der Waals surface area contributed by atoms with Gasteiger partial charge < -0.3 is 18.9 Å². The Bertz CT molecular complexity index is 1060. The number of epoxide rings is 2. The first-order valence-electron chi connectivity index (χ1n) is 15.7. The Kier molecular flexibility index (Phi) is 26.9. The molecule has 0 amide bonds. The molecule has 5 aromatic rings. The fourth-order valence-corrected chi connectivity index (χ4v) is 3.35. The molecule has 2 fully saturated rings. The van der Waals surface area contributed by atoms with Gasteiger partial charge in [-0.15, -0.1) is 0 Å². The summed E-state index contributed by atoms with van der Waals surface area (Å²) in [6, 6.07) is 45.4. The van der Waals surface area contributed by atoms with E-state index in [1.807, 2.05) is 36.4 Å². The summed E-state index contributed by atoms with van der Waals surface area (Å²) in [7, 11) is 3.36. The van der Waals surface area contributed by atoms with E-state index in [-0.39, 0.29) is 7.43 Å². The highest BCUT2D eigenvalue weighted by atomic mass is 16.6. The van der Waals surface area contributed by atoms with Crippen LogP contribution in [-0.2, 0) is 18.9 Å². The molecule has 4 heteroatoms. The molecule has 0 radical (unpaired) electrons. The van der Waals surface area contributed by atoms with Gasteiger partial charge in [0.25, 0.3) is 0 Å². The smallest absolute Gasteiger partial charge is 0.104 e. The summed E-state index contributed by atoms with van der Waals surface area (Å²) < 4.78 is 19.1. The molecule has 0 N–H and O–H groups in total. The molecule has 4 nitrogen and oxygen atoms in total. The standard InChI is InChI=1S/2C10H8.C6H6.2C4H8O2.2C3H8.CH4/c2*1-2-6-10-8-4-3-7-9(10)5-1;1-2-4-6-5-3-1;2*1-5-2-4-3-6-4;2*1-3-2;/h2*1-8H;1-6H;2*4H,2-3H2,1H3;2*3H2,1-2H3;1H4. The lowest BCUT2D eigenvalue weighted by Crippen LogP contribution is -1.94. The van der Waals surface area contributed by atoms with E-state index in [9.17, 15) is 0 Å². The maximum absolute atomic E-state index is 4.82. The summed E-state index contributed by atoms with van der Waals surface area (Å²) in [5, 5.41) is 5.24. The maximum Gasteiger partial charge on any atom is 0.104 e. The van der Waals surface area contributed by atoms with Crippen LogP contribution in [0.3, 0.4) is 0 Å². The molecule has 2 atom stereocenters. The monoisotopic (exact) mass is 614 g/mol. The SMILES string of the molecule is C.CCC.CCC.COCC1CO1.COCC1CO1.c1ccc2ccccc2c1.c1ccc2ccccc2c1.c1ccccc1. The van der Waals surface area contributed by atoms with Crippen LogP contribution in [0.15, 0.2) is 133 Å². The number of hydrogen-bond acceptors (Lipinski definition) is 4. The van der Waals surface area contributed by atoms with Gasteiger partial charge in [0, 0.05) is 14.2 Å². The van der Waals surface area contributed by atoms with Crippen LogP contribution in [0.1, 0.15) is 48.0 Å². The van der Waals surface area contributed by atoms with Crippen molar-refractivity contribution < 1.29 is 18.9 Å². The minimum atomic E-state index is 0. The molecule has 246 valence electrons. The van der Waals surface area contributed by atoms with Crippen molar-refractivity contribution in [1.29, 1.82) is 0 Å². The van der Waals surface area contributed by atoms with Crippen molar-refractivity contribution in [2.75, 3.05) is 40.6 Å². The van der Waals surface area contributed by atoms with Gasteiger partial charge in [0.05, 0.1) is 26.4 Å². The summed E-state index contributed by atoms with van der Waals surface area (Å²) in [6.45, 7) is 11.8. The van der Waals surface area contributed by atoms with E-state index in [1.165, 1.54) is 34.4 Å². The van der Waals surface area contributed by atoms with Gasteiger partial charge in [0.1, 0.15) is 12.2 Å². The van der Waals surface area contributed by atoms with Crippen LogP contribution in [0.25, 0.3) is 21.5 Å². The highest BCUT2D eigenvalue weighted by Gasteiger charge is 2.21. The number of fused-ring (bicyclic) bond motifs is 2. The van der Waals surface area contributed by atoms with E-state index in [4.69, 9.17) is 18.9 Å². The normalized spacial score (nSPS) is 14.4. The Morgan fingerprint density at radius 2 is 0.622 bits per heavy atom. The van der Waals surface area contributed by atoms with Gasteiger partial charge >= 0.3 is 0 Å². The first-order valence-corrected chi connectivity index (χ1v) is 15.7. The zero-order valence-electron chi connectivity index (χ0n) is 27.7. The van der Waals surface area contributed by atoms with E-state index in [0.29, 0.717) is 12.2 Å². The highest BCUT2D eigenvalue weighted by Crippen LogP contribution is 2.12. The first kappa shape index (κ1) is 41.5. The van der Waals surface area contributed by atoms with Gasteiger partial charge in [-0.1, -0.05) is 181 Å². The Hall–Kier alpha value is -3.54. The molecule has 0 aromatic heterocycles. The van der Waals surface area contributed by atoms with Gasteiger partial charge in [-0.2, -0.15) is 0 Å². The Morgan fingerprint density at radius 1 is 0.444 bits per heavy atom. The molecule has 2 saturated heterocycles. The van der Waals surface area contributed by atoms with Crippen molar-refractivity contribution in [3.63, 3.8) is 0 Å². The largest absolute Gasteiger partial charge is 0.382 e. The average Bonchev–Trinajstić information content (AvgIpc) is 4.02. The summed E-state index contributed by atoms with van der Waals surface area (Å²) in [6.07, 6.45) is 3.35. The van der Waals surface area contributed by atoms with E-state index < -0.39 is 0 Å². The second kappa shape index (κ2) is 29.2. The minimum absolute atomic E-state index is 0. The minimum Gasteiger partial charge on any atom is -0.382 e. The van der Waals surface area contributed by atoms with Crippen molar-refractivity contribution in [3.8, 4) is 0 Å². The first-order chi connectivity index (χ1) is 21.6. The fraction of sp³-hybridized carbons (Fsp3) is 0.366. The Balaban J connectivity index is 0.000000522. The van der Waals surface area contributed by atoms with Crippen LogP contribution in [0.5, 0.6) is 0 Å². The number of hydrogen-bond donors (Lipinski definition) is 0. The number of benzene rings is 5. The number of methoxy groups -OCH3 is 2. The van der Waals surface area contributed by atoms with E-state index in [0.717, 1.165) is 26.4 Å². The molecule has 0 saturated carbocycles. The van der Waals surface area contributed by atoms with Crippen LogP contribution in [0.2, 0.25) is 0 Å². The maximum atomic E-state index is 4.82. The van der Waals surface area contributed by atoms with Crippen molar-refractivity contribution in [2.24, 2.45) is 0 Å². The quantitative estimate of drug-likeness (QED) is 0.189. The summed E-state index contributed by atoms with van der Waals surface area (Å²) in [5.41, 5.74) is 0. The van der Waals surface area contributed by atoms with Crippen molar-refractivity contribution in [1.82, 2.24) is 0 Å². The molecule has 0 spiro atoms. The molecular formula is C41H58O4. The highest BCUT2D eigenvalue weighted by molar-refractivity contribution is 5.82.